The molecular formula is C21H36O4. The molecule has 1 heterocycles. The van der Waals surface area contributed by atoms with Crippen LogP contribution in [0.3, 0.4) is 0 Å². The van der Waals surface area contributed by atoms with Crippen LogP contribution in [-0.2, 0) is 14.3 Å². The second kappa shape index (κ2) is 14.1. The smallest absolute Gasteiger partial charge is 0.308 e. The quantitative estimate of drug-likeness (QED) is 0.196. The van der Waals surface area contributed by atoms with Crippen LogP contribution in [0.4, 0.5) is 0 Å². The van der Waals surface area contributed by atoms with Crippen LogP contribution in [0.2, 0.25) is 0 Å². The van der Waals surface area contributed by atoms with E-state index < -0.39 is 6.29 Å². The maximum atomic E-state index is 11.5. The highest BCUT2D eigenvalue weighted by molar-refractivity contribution is 5.71. The molecule has 4 heteroatoms. The Kier molecular flexibility index (Phi) is 12.3. The number of esters is 1. The van der Waals surface area contributed by atoms with E-state index in [0.29, 0.717) is 12.8 Å². The average Bonchev–Trinajstić information content (AvgIpc) is 2.93. The summed E-state index contributed by atoms with van der Waals surface area (Å²) in [5.41, 5.74) is 0. The van der Waals surface area contributed by atoms with Crippen LogP contribution in [0.25, 0.3) is 0 Å². The lowest BCUT2D eigenvalue weighted by Crippen LogP contribution is -2.22. The van der Waals surface area contributed by atoms with Crippen LogP contribution < -0.4 is 0 Å². The van der Waals surface area contributed by atoms with E-state index in [1.54, 1.807) is 0 Å². The van der Waals surface area contributed by atoms with Gasteiger partial charge in [0.25, 0.3) is 0 Å². The Hall–Kier alpha value is -1.16. The summed E-state index contributed by atoms with van der Waals surface area (Å²) in [7, 11) is 0. The van der Waals surface area contributed by atoms with E-state index in [1.165, 1.54) is 25.7 Å². The monoisotopic (exact) mass is 352 g/mol. The number of aliphatic hydroxyl groups excluding tert-OH is 1. The van der Waals surface area contributed by atoms with E-state index in [4.69, 9.17) is 4.74 Å². The first kappa shape index (κ1) is 21.9. The molecule has 0 aliphatic carbocycles. The van der Waals surface area contributed by atoms with Gasteiger partial charge in [-0.1, -0.05) is 64.0 Å². The molecule has 0 radical (unpaired) electrons. The lowest BCUT2D eigenvalue weighted by Gasteiger charge is -2.21. The van der Waals surface area contributed by atoms with Crippen molar-refractivity contribution in [3.8, 4) is 0 Å². The molecule has 1 aliphatic heterocycles. The molecule has 0 saturated carbocycles. The predicted octanol–water partition coefficient (Wildman–Crippen LogP) is 4.94. The molecule has 3 atom stereocenters. The summed E-state index contributed by atoms with van der Waals surface area (Å²) in [6.45, 7) is 2.21. The van der Waals surface area contributed by atoms with Crippen molar-refractivity contribution in [3.05, 3.63) is 12.2 Å². The molecule has 0 spiro atoms. The molecule has 0 aromatic rings. The van der Waals surface area contributed by atoms with E-state index >= 15 is 0 Å². The van der Waals surface area contributed by atoms with E-state index in [9.17, 15) is 14.7 Å². The van der Waals surface area contributed by atoms with Gasteiger partial charge in [-0.25, -0.2) is 0 Å². The summed E-state index contributed by atoms with van der Waals surface area (Å²) in [6.07, 6.45) is 17.9. The van der Waals surface area contributed by atoms with Crippen molar-refractivity contribution in [1.29, 1.82) is 0 Å². The predicted molar refractivity (Wildman–Crippen MR) is 100.0 cm³/mol. The van der Waals surface area contributed by atoms with Gasteiger partial charge in [-0.15, -0.1) is 0 Å². The third-order valence-electron chi connectivity index (χ3n) is 5.04. The zero-order valence-electron chi connectivity index (χ0n) is 15.8. The van der Waals surface area contributed by atoms with Crippen molar-refractivity contribution in [2.45, 2.75) is 96.7 Å². The molecule has 1 fully saturated rings. The Morgan fingerprint density at radius 2 is 1.76 bits per heavy atom. The van der Waals surface area contributed by atoms with Gasteiger partial charge in [0.15, 0.2) is 0 Å². The van der Waals surface area contributed by atoms with Crippen molar-refractivity contribution >= 4 is 12.3 Å². The number of unbranched alkanes of at least 4 members (excludes halogenated alkanes) is 9. The summed E-state index contributed by atoms with van der Waals surface area (Å²) in [5, 5.41) is 9.99. The molecule has 0 aromatic heterocycles. The number of aldehydes is 1. The number of carbonyl (C=O) groups is 2. The summed E-state index contributed by atoms with van der Waals surface area (Å²) in [4.78, 5) is 21.8. The van der Waals surface area contributed by atoms with Crippen molar-refractivity contribution in [1.82, 2.24) is 0 Å². The van der Waals surface area contributed by atoms with Gasteiger partial charge in [0, 0.05) is 12.3 Å². The average molecular weight is 353 g/mol. The third kappa shape index (κ3) is 9.78. The number of cyclic esters (lactones) is 1. The van der Waals surface area contributed by atoms with Gasteiger partial charge >= 0.3 is 5.97 Å². The zero-order chi connectivity index (χ0) is 18.3. The third-order valence-corrected chi connectivity index (χ3v) is 5.04. The second-order valence-corrected chi connectivity index (χ2v) is 7.20. The van der Waals surface area contributed by atoms with E-state index in [2.05, 4.69) is 19.1 Å². The Bertz CT molecular complexity index is 391. The molecule has 3 unspecified atom stereocenters. The summed E-state index contributed by atoms with van der Waals surface area (Å²) < 4.78 is 4.94. The number of hydrogen-bond donors (Lipinski definition) is 1. The SMILES string of the molecule is CCCCCC/C=C/C(CCCCCCCC=O)C1CC(=O)OC1O. The van der Waals surface area contributed by atoms with Crippen molar-refractivity contribution in [2.75, 3.05) is 0 Å². The first-order chi connectivity index (χ1) is 12.2. The fourth-order valence-corrected chi connectivity index (χ4v) is 3.48. The van der Waals surface area contributed by atoms with Gasteiger partial charge in [-0.05, 0) is 31.6 Å². The topological polar surface area (TPSA) is 63.6 Å². The van der Waals surface area contributed by atoms with Gasteiger partial charge in [-0.3, -0.25) is 4.79 Å². The first-order valence-corrected chi connectivity index (χ1v) is 10.2. The van der Waals surface area contributed by atoms with Crippen LogP contribution in [0.15, 0.2) is 12.2 Å². The number of hydrogen-bond acceptors (Lipinski definition) is 4. The maximum Gasteiger partial charge on any atom is 0.308 e. The highest BCUT2D eigenvalue weighted by Crippen LogP contribution is 2.32. The maximum absolute atomic E-state index is 11.5. The summed E-state index contributed by atoms with van der Waals surface area (Å²) in [5.74, 6) is -0.176. The molecule has 0 bridgehead atoms. The van der Waals surface area contributed by atoms with E-state index in [1.807, 2.05) is 0 Å². The van der Waals surface area contributed by atoms with Crippen molar-refractivity contribution < 1.29 is 19.4 Å². The second-order valence-electron chi connectivity index (χ2n) is 7.20. The molecular weight excluding hydrogens is 316 g/mol. The number of aliphatic hydroxyl groups is 1. The van der Waals surface area contributed by atoms with Gasteiger partial charge in [0.2, 0.25) is 6.29 Å². The summed E-state index contributed by atoms with van der Waals surface area (Å²) >= 11 is 0. The molecule has 0 amide bonds. The lowest BCUT2D eigenvalue weighted by molar-refractivity contribution is -0.156. The molecule has 144 valence electrons. The van der Waals surface area contributed by atoms with Crippen LogP contribution in [0, 0.1) is 11.8 Å². The van der Waals surface area contributed by atoms with Crippen LogP contribution >= 0.6 is 0 Å². The minimum absolute atomic E-state index is 0.102. The minimum Gasteiger partial charge on any atom is -0.436 e. The van der Waals surface area contributed by atoms with Crippen LogP contribution in [0.5, 0.6) is 0 Å². The van der Waals surface area contributed by atoms with Gasteiger partial charge in [0.1, 0.15) is 6.29 Å². The summed E-state index contributed by atoms with van der Waals surface area (Å²) in [6, 6.07) is 0. The van der Waals surface area contributed by atoms with Gasteiger partial charge in [-0.2, -0.15) is 0 Å². The molecule has 1 N–H and O–H groups in total. The highest BCUT2D eigenvalue weighted by Gasteiger charge is 2.37. The largest absolute Gasteiger partial charge is 0.436 e. The molecule has 25 heavy (non-hydrogen) atoms. The molecule has 1 aliphatic rings. The molecule has 1 rings (SSSR count). The number of carbonyl (C=O) groups excluding carboxylic acids is 2. The highest BCUT2D eigenvalue weighted by atomic mass is 16.6. The number of allylic oxidation sites excluding steroid dienone is 2. The Morgan fingerprint density at radius 1 is 1.08 bits per heavy atom. The molecule has 4 nitrogen and oxygen atoms in total. The number of rotatable bonds is 15. The Labute approximate surface area is 153 Å². The van der Waals surface area contributed by atoms with Crippen molar-refractivity contribution in [3.63, 3.8) is 0 Å². The molecule has 0 aromatic carbocycles. The fraction of sp³-hybridized carbons (Fsp3) is 0.810. The normalized spacial score (nSPS) is 21.6. The standard InChI is InChI=1S/C21H36O4/c1-2-3-4-5-8-11-14-18(19-17-20(23)25-21(19)24)15-12-9-6-7-10-13-16-22/h11,14,16,18-19,21,24H,2-10,12-13,15,17H2,1H3/b14-11+. The van der Waals surface area contributed by atoms with Gasteiger partial charge in [0.05, 0.1) is 6.42 Å². The van der Waals surface area contributed by atoms with E-state index in [-0.39, 0.29) is 17.8 Å². The number of ether oxygens (including phenoxy) is 1. The van der Waals surface area contributed by atoms with Gasteiger partial charge < -0.3 is 14.6 Å². The minimum atomic E-state index is -0.949. The Morgan fingerprint density at radius 3 is 2.44 bits per heavy atom. The first-order valence-electron chi connectivity index (χ1n) is 10.2. The van der Waals surface area contributed by atoms with E-state index in [0.717, 1.165) is 51.2 Å². The Balaban J connectivity index is 2.36. The van der Waals surface area contributed by atoms with Crippen LogP contribution in [0.1, 0.15) is 90.4 Å². The fourth-order valence-electron chi connectivity index (χ4n) is 3.48. The molecule has 1 saturated heterocycles. The van der Waals surface area contributed by atoms with Crippen molar-refractivity contribution in [2.24, 2.45) is 11.8 Å². The lowest BCUT2D eigenvalue weighted by atomic mass is 9.85. The van der Waals surface area contributed by atoms with Crippen LogP contribution in [-0.4, -0.2) is 23.7 Å². The zero-order valence-corrected chi connectivity index (χ0v) is 15.8.